The van der Waals surface area contributed by atoms with Gasteiger partial charge in [-0.2, -0.15) is 0 Å². The van der Waals surface area contributed by atoms with Crippen LogP contribution in [-0.2, 0) is 6.42 Å². The third-order valence-corrected chi connectivity index (χ3v) is 4.43. The molecule has 0 spiro atoms. The number of nitrogens with two attached hydrogens (primary N) is 1. The molecule has 0 bridgehead atoms. The molecular weight excluding hydrogens is 315 g/mol. The summed E-state index contributed by atoms with van der Waals surface area (Å²) in [6, 6.07) is 12.3. The molecule has 1 aliphatic heterocycles. The van der Waals surface area contributed by atoms with Crippen molar-refractivity contribution < 1.29 is 17.9 Å². The number of halogens is 3. The van der Waals surface area contributed by atoms with Crippen LogP contribution < -0.4 is 10.5 Å². The molecule has 5 heteroatoms. The summed E-state index contributed by atoms with van der Waals surface area (Å²) in [4.78, 5) is 0. The first-order valence-corrected chi connectivity index (χ1v) is 7.62. The first kappa shape index (κ1) is 15.0. The Balaban J connectivity index is 1.80. The minimum atomic E-state index is -1.23. The average molecular weight is 329 g/mol. The predicted octanol–water partition coefficient (Wildman–Crippen LogP) is 4.26. The highest BCUT2D eigenvalue weighted by atomic mass is 19.2. The maximum Gasteiger partial charge on any atom is 0.161 e. The second-order valence-corrected chi connectivity index (χ2v) is 5.96. The van der Waals surface area contributed by atoms with Gasteiger partial charge in [0.1, 0.15) is 17.7 Å². The van der Waals surface area contributed by atoms with Gasteiger partial charge in [0.25, 0.3) is 0 Å². The lowest BCUT2D eigenvalue weighted by atomic mass is 9.90. The average Bonchev–Trinajstić information content (AvgIpc) is 2.58. The Bertz CT molecular complexity index is 941. The van der Waals surface area contributed by atoms with E-state index in [4.69, 9.17) is 10.5 Å². The zero-order valence-electron chi connectivity index (χ0n) is 12.6. The Morgan fingerprint density at radius 3 is 2.50 bits per heavy atom. The molecule has 0 saturated carbocycles. The van der Waals surface area contributed by atoms with Gasteiger partial charge < -0.3 is 10.5 Å². The highest BCUT2D eigenvalue weighted by Crippen LogP contribution is 2.39. The maximum absolute atomic E-state index is 14.1. The highest BCUT2D eigenvalue weighted by molar-refractivity contribution is 5.88. The van der Waals surface area contributed by atoms with Crippen LogP contribution in [0.4, 0.5) is 13.2 Å². The van der Waals surface area contributed by atoms with Gasteiger partial charge in [-0.1, -0.05) is 30.3 Å². The van der Waals surface area contributed by atoms with Gasteiger partial charge in [0.05, 0.1) is 6.04 Å². The summed E-state index contributed by atoms with van der Waals surface area (Å²) in [6.07, 6.45) is -0.409. The normalized spacial score (nSPS) is 19.8. The van der Waals surface area contributed by atoms with Crippen molar-refractivity contribution in [3.63, 3.8) is 0 Å². The molecule has 1 heterocycles. The van der Waals surface area contributed by atoms with Crippen molar-refractivity contribution in [2.45, 2.75) is 18.6 Å². The largest absolute Gasteiger partial charge is 0.484 e. The van der Waals surface area contributed by atoms with E-state index in [1.54, 1.807) is 6.07 Å². The molecule has 122 valence electrons. The van der Waals surface area contributed by atoms with Crippen molar-refractivity contribution in [2.24, 2.45) is 5.73 Å². The summed E-state index contributed by atoms with van der Waals surface area (Å²) in [7, 11) is 0. The van der Waals surface area contributed by atoms with Crippen LogP contribution in [0.25, 0.3) is 10.8 Å². The van der Waals surface area contributed by atoms with Gasteiger partial charge in [-0.3, -0.25) is 0 Å². The molecule has 1 aliphatic rings. The molecule has 0 unspecified atom stereocenters. The number of hydrogen-bond donors (Lipinski definition) is 1. The lowest BCUT2D eigenvalue weighted by Gasteiger charge is -2.32. The number of hydrogen-bond acceptors (Lipinski definition) is 2. The number of ether oxygens (including phenoxy) is 1. The zero-order chi connectivity index (χ0) is 16.8. The van der Waals surface area contributed by atoms with E-state index in [9.17, 15) is 13.2 Å². The fourth-order valence-electron chi connectivity index (χ4n) is 3.25. The van der Waals surface area contributed by atoms with E-state index in [2.05, 4.69) is 0 Å². The minimum absolute atomic E-state index is 0.0693. The number of fused-ring (bicyclic) bond motifs is 3. The van der Waals surface area contributed by atoms with E-state index < -0.39 is 29.6 Å². The molecule has 3 aromatic rings. The summed E-state index contributed by atoms with van der Waals surface area (Å²) >= 11 is 0. The van der Waals surface area contributed by atoms with E-state index in [1.807, 2.05) is 30.3 Å². The quantitative estimate of drug-likeness (QED) is 0.677. The van der Waals surface area contributed by atoms with Crippen molar-refractivity contribution in [2.75, 3.05) is 0 Å². The summed E-state index contributed by atoms with van der Waals surface area (Å²) in [5, 5.41) is 2.08. The van der Waals surface area contributed by atoms with E-state index in [-0.39, 0.29) is 5.56 Å². The monoisotopic (exact) mass is 329 g/mol. The Kier molecular flexibility index (Phi) is 3.46. The maximum atomic E-state index is 14.1. The van der Waals surface area contributed by atoms with Crippen LogP contribution in [0.2, 0.25) is 0 Å². The molecule has 0 aromatic heterocycles. The minimum Gasteiger partial charge on any atom is -0.484 e. The summed E-state index contributed by atoms with van der Waals surface area (Å²) in [5.74, 6) is -2.62. The molecule has 2 N–H and O–H groups in total. The Morgan fingerprint density at radius 1 is 0.917 bits per heavy atom. The molecule has 24 heavy (non-hydrogen) atoms. The first-order valence-electron chi connectivity index (χ1n) is 7.62. The topological polar surface area (TPSA) is 35.2 Å². The molecule has 0 radical (unpaired) electrons. The van der Waals surface area contributed by atoms with Crippen LogP contribution in [0, 0.1) is 17.5 Å². The van der Waals surface area contributed by atoms with Crippen LogP contribution >= 0.6 is 0 Å². The summed E-state index contributed by atoms with van der Waals surface area (Å²) < 4.78 is 46.6. The van der Waals surface area contributed by atoms with Crippen LogP contribution in [0.15, 0.2) is 48.5 Å². The van der Waals surface area contributed by atoms with Crippen LogP contribution in [-0.4, -0.2) is 6.04 Å². The van der Waals surface area contributed by atoms with Crippen molar-refractivity contribution >= 4 is 10.8 Å². The third-order valence-electron chi connectivity index (χ3n) is 4.43. The molecule has 0 saturated heterocycles. The molecule has 0 fully saturated rings. The van der Waals surface area contributed by atoms with Gasteiger partial charge in [0.15, 0.2) is 11.6 Å². The highest BCUT2D eigenvalue weighted by Gasteiger charge is 2.32. The fraction of sp³-hybridized carbons (Fsp3) is 0.158. The van der Waals surface area contributed by atoms with Gasteiger partial charge in [-0.25, -0.2) is 13.2 Å². The Morgan fingerprint density at radius 2 is 1.67 bits per heavy atom. The van der Waals surface area contributed by atoms with E-state index in [1.165, 1.54) is 0 Å². The number of benzene rings is 3. The smallest absolute Gasteiger partial charge is 0.161 e. The van der Waals surface area contributed by atoms with Gasteiger partial charge in [0.2, 0.25) is 0 Å². The second-order valence-electron chi connectivity index (χ2n) is 5.96. The fourth-order valence-corrected chi connectivity index (χ4v) is 3.25. The third kappa shape index (κ3) is 2.32. The van der Waals surface area contributed by atoms with E-state index in [0.717, 1.165) is 22.4 Å². The van der Waals surface area contributed by atoms with Crippen LogP contribution in [0.5, 0.6) is 5.75 Å². The van der Waals surface area contributed by atoms with E-state index >= 15 is 0 Å². The SMILES string of the molecule is N[C@@H]1Cc2c(ccc3ccccc23)O[C@H]1c1cc(F)c(F)cc1F. The standard InChI is InChI=1S/C19H14F3NO/c20-14-9-16(22)15(21)7-13(14)19-17(23)8-12-11-4-2-1-3-10(11)5-6-18(12)24-19/h1-7,9,17,19H,8,23H2/t17-,19+/m1/s1. The molecule has 4 rings (SSSR count). The lowest BCUT2D eigenvalue weighted by Crippen LogP contribution is -2.38. The molecule has 2 nitrogen and oxygen atoms in total. The second kappa shape index (κ2) is 5.53. The van der Waals surface area contributed by atoms with Crippen molar-refractivity contribution in [1.29, 1.82) is 0 Å². The molecule has 0 amide bonds. The molecular formula is C19H14F3NO. The van der Waals surface area contributed by atoms with Gasteiger partial charge in [-0.05, 0) is 29.3 Å². The summed E-state index contributed by atoms with van der Waals surface area (Å²) in [6.45, 7) is 0. The van der Waals surface area contributed by atoms with Gasteiger partial charge >= 0.3 is 0 Å². The van der Waals surface area contributed by atoms with Crippen LogP contribution in [0.1, 0.15) is 17.2 Å². The molecule has 2 atom stereocenters. The van der Waals surface area contributed by atoms with Gasteiger partial charge in [-0.15, -0.1) is 0 Å². The molecule has 0 aliphatic carbocycles. The van der Waals surface area contributed by atoms with E-state index in [0.29, 0.717) is 18.2 Å². The zero-order valence-corrected chi connectivity index (χ0v) is 12.6. The van der Waals surface area contributed by atoms with Crippen molar-refractivity contribution in [1.82, 2.24) is 0 Å². The Labute approximate surface area is 136 Å². The van der Waals surface area contributed by atoms with Crippen molar-refractivity contribution in [3.05, 3.63) is 77.1 Å². The van der Waals surface area contributed by atoms with Crippen LogP contribution in [0.3, 0.4) is 0 Å². The number of rotatable bonds is 1. The molecule has 3 aromatic carbocycles. The first-order chi connectivity index (χ1) is 11.5. The predicted molar refractivity (Wildman–Crippen MR) is 85.3 cm³/mol. The van der Waals surface area contributed by atoms with Crippen molar-refractivity contribution in [3.8, 4) is 5.75 Å². The van der Waals surface area contributed by atoms with Gasteiger partial charge in [0, 0.05) is 17.2 Å². The lowest BCUT2D eigenvalue weighted by molar-refractivity contribution is 0.149. The Hall–Kier alpha value is -2.53. The summed E-state index contributed by atoms with van der Waals surface area (Å²) in [5.41, 5.74) is 7.04.